The topological polar surface area (TPSA) is 37.3 Å². The Hall–Kier alpha value is -0.283. The van der Waals surface area contributed by atoms with Gasteiger partial charge in [0.25, 0.3) is 0 Å². The number of rotatable bonds is 6. The molecule has 0 spiro atoms. The highest BCUT2D eigenvalue weighted by Gasteiger charge is 2.07. The van der Waals surface area contributed by atoms with Crippen molar-refractivity contribution in [3.63, 3.8) is 0 Å². The second-order valence-electron chi connectivity index (χ2n) is 3.06. The van der Waals surface area contributed by atoms with Crippen LogP contribution in [-0.4, -0.2) is 19.9 Å². The van der Waals surface area contributed by atoms with Gasteiger partial charge in [0.15, 0.2) is 0 Å². The molecule has 4 heteroatoms. The summed E-state index contributed by atoms with van der Waals surface area (Å²) in [4.78, 5) is 10.7. The standard InChI is InChI=1S/C9H17ClO2Si/c1-3-8(9(11)12)7(2)5-4-6-13-10/h3-6,13H2,1-2H3,(H,11,12). The number of aliphatic carboxylic acids is 1. The van der Waals surface area contributed by atoms with E-state index in [0.717, 1.165) is 24.5 Å². The smallest absolute Gasteiger partial charge is 0.331 e. The third-order valence-electron chi connectivity index (χ3n) is 2.06. The molecule has 0 aromatic carbocycles. The van der Waals surface area contributed by atoms with Crippen LogP contribution in [0.15, 0.2) is 11.1 Å². The summed E-state index contributed by atoms with van der Waals surface area (Å²) in [6.45, 7) is 3.78. The van der Waals surface area contributed by atoms with Crippen LogP contribution < -0.4 is 0 Å². The molecule has 0 aromatic rings. The molecule has 0 heterocycles. The quantitative estimate of drug-likeness (QED) is 0.323. The Morgan fingerprint density at radius 3 is 2.54 bits per heavy atom. The summed E-state index contributed by atoms with van der Waals surface area (Å²) in [6, 6.07) is 1.09. The Morgan fingerprint density at radius 2 is 2.15 bits per heavy atom. The fraction of sp³-hybridized carbons (Fsp3) is 0.667. The van der Waals surface area contributed by atoms with Gasteiger partial charge in [-0.25, -0.2) is 4.79 Å². The number of carbonyl (C=O) groups is 1. The Morgan fingerprint density at radius 1 is 1.54 bits per heavy atom. The molecular weight excluding hydrogens is 204 g/mol. The molecule has 0 aromatic heterocycles. The van der Waals surface area contributed by atoms with Crippen LogP contribution in [0.3, 0.4) is 0 Å². The van der Waals surface area contributed by atoms with Crippen molar-refractivity contribution in [3.05, 3.63) is 11.1 Å². The summed E-state index contributed by atoms with van der Waals surface area (Å²) in [5, 5.41) is 8.82. The number of carboxylic acid groups (broad SMARTS) is 1. The first-order valence-electron chi connectivity index (χ1n) is 4.61. The molecular formula is C9H17ClO2Si. The molecule has 0 aliphatic rings. The Balaban J connectivity index is 4.14. The van der Waals surface area contributed by atoms with Crippen LogP contribution in [0.1, 0.15) is 33.1 Å². The minimum absolute atomic E-state index is 0.377. The monoisotopic (exact) mass is 220 g/mol. The molecule has 0 amide bonds. The zero-order valence-electron chi connectivity index (χ0n) is 8.27. The van der Waals surface area contributed by atoms with Gasteiger partial charge in [0, 0.05) is 5.57 Å². The Bertz CT molecular complexity index is 202. The molecule has 0 saturated carbocycles. The first-order chi connectivity index (χ1) is 6.13. The van der Waals surface area contributed by atoms with Crippen LogP contribution >= 0.6 is 11.1 Å². The number of hydrogen-bond donors (Lipinski definition) is 1. The predicted octanol–water partition coefficient (Wildman–Crippen LogP) is 2.32. The van der Waals surface area contributed by atoms with Gasteiger partial charge >= 0.3 is 5.97 Å². The zero-order valence-corrected chi connectivity index (χ0v) is 10.4. The summed E-state index contributed by atoms with van der Waals surface area (Å²) >= 11 is 5.67. The van der Waals surface area contributed by atoms with Gasteiger partial charge in [-0.2, -0.15) is 11.1 Å². The molecule has 0 unspecified atom stereocenters. The van der Waals surface area contributed by atoms with Crippen molar-refractivity contribution < 1.29 is 9.90 Å². The highest BCUT2D eigenvalue weighted by molar-refractivity contribution is 6.93. The third kappa shape index (κ3) is 5.11. The molecule has 1 N–H and O–H groups in total. The number of carboxylic acids is 1. The molecule has 2 nitrogen and oxygen atoms in total. The lowest BCUT2D eigenvalue weighted by atomic mass is 10.0. The maximum atomic E-state index is 10.7. The molecule has 0 bridgehead atoms. The summed E-state index contributed by atoms with van der Waals surface area (Å²) in [5.41, 5.74) is 1.57. The van der Waals surface area contributed by atoms with Gasteiger partial charge in [-0.1, -0.05) is 18.9 Å². The maximum Gasteiger partial charge on any atom is 0.331 e. The maximum absolute atomic E-state index is 10.7. The van der Waals surface area contributed by atoms with Crippen LogP contribution in [0.25, 0.3) is 0 Å². The van der Waals surface area contributed by atoms with Crippen LogP contribution in [0, 0.1) is 0 Å². The van der Waals surface area contributed by atoms with Gasteiger partial charge in [-0.3, -0.25) is 0 Å². The molecule has 0 aliphatic carbocycles. The lowest BCUT2D eigenvalue weighted by Crippen LogP contribution is -2.02. The minimum atomic E-state index is -0.775. The van der Waals surface area contributed by atoms with Crippen molar-refractivity contribution >= 4 is 25.9 Å². The van der Waals surface area contributed by atoms with Gasteiger partial charge in [0.1, 0.15) is 8.83 Å². The van der Waals surface area contributed by atoms with E-state index >= 15 is 0 Å². The van der Waals surface area contributed by atoms with E-state index < -0.39 is 5.97 Å². The molecule has 0 saturated heterocycles. The van der Waals surface area contributed by atoms with Crippen LogP contribution in [0.5, 0.6) is 0 Å². The molecule has 0 aliphatic heterocycles. The van der Waals surface area contributed by atoms with E-state index in [0.29, 0.717) is 12.0 Å². The highest BCUT2D eigenvalue weighted by Crippen LogP contribution is 2.15. The number of halogens is 1. The lowest BCUT2D eigenvalue weighted by molar-refractivity contribution is -0.132. The van der Waals surface area contributed by atoms with Crippen molar-refractivity contribution in [3.8, 4) is 0 Å². The van der Waals surface area contributed by atoms with E-state index in [1.807, 2.05) is 13.8 Å². The van der Waals surface area contributed by atoms with Crippen molar-refractivity contribution in [1.29, 1.82) is 0 Å². The fourth-order valence-corrected chi connectivity index (χ4v) is 2.28. The SMILES string of the molecule is CCC(C(=O)O)=C(C)CCC[SiH2]Cl. The first kappa shape index (κ1) is 12.7. The zero-order chi connectivity index (χ0) is 10.3. The predicted molar refractivity (Wildman–Crippen MR) is 59.1 cm³/mol. The van der Waals surface area contributed by atoms with Gasteiger partial charge in [0.05, 0.1) is 0 Å². The van der Waals surface area contributed by atoms with Crippen LogP contribution in [-0.2, 0) is 4.79 Å². The largest absolute Gasteiger partial charge is 0.478 e. The summed E-state index contributed by atoms with van der Waals surface area (Å²) < 4.78 is 0. The van der Waals surface area contributed by atoms with E-state index in [4.69, 9.17) is 16.2 Å². The van der Waals surface area contributed by atoms with E-state index in [1.165, 1.54) is 0 Å². The normalized spacial score (nSPS) is 13.5. The summed E-state index contributed by atoms with van der Waals surface area (Å²) in [5.74, 6) is -0.775. The second kappa shape index (κ2) is 7.15. The van der Waals surface area contributed by atoms with Crippen molar-refractivity contribution in [2.75, 3.05) is 0 Å². The average Bonchev–Trinajstić information content (AvgIpc) is 2.05. The average molecular weight is 221 g/mol. The van der Waals surface area contributed by atoms with E-state index in [2.05, 4.69) is 0 Å². The molecule has 0 atom stereocenters. The summed E-state index contributed by atoms with van der Waals surface area (Å²) in [6.07, 6.45) is 2.53. The van der Waals surface area contributed by atoms with Gasteiger partial charge < -0.3 is 5.11 Å². The highest BCUT2D eigenvalue weighted by atomic mass is 35.6. The molecule has 0 fully saturated rings. The van der Waals surface area contributed by atoms with Crippen LogP contribution in [0.2, 0.25) is 6.04 Å². The second-order valence-corrected chi connectivity index (χ2v) is 5.28. The summed E-state index contributed by atoms with van der Waals surface area (Å²) in [7, 11) is -0.377. The van der Waals surface area contributed by atoms with Gasteiger partial charge in [0.2, 0.25) is 0 Å². The number of hydrogen-bond acceptors (Lipinski definition) is 1. The van der Waals surface area contributed by atoms with Crippen molar-refractivity contribution in [1.82, 2.24) is 0 Å². The first-order valence-corrected chi connectivity index (χ1v) is 7.75. The third-order valence-corrected chi connectivity index (χ3v) is 3.63. The number of allylic oxidation sites excluding steroid dienone is 1. The minimum Gasteiger partial charge on any atom is -0.478 e. The molecule has 13 heavy (non-hydrogen) atoms. The van der Waals surface area contributed by atoms with E-state index in [-0.39, 0.29) is 8.83 Å². The van der Waals surface area contributed by atoms with Gasteiger partial charge in [-0.05, 0) is 25.8 Å². The molecule has 0 radical (unpaired) electrons. The molecule has 76 valence electrons. The Kier molecular flexibility index (Phi) is 7.00. The van der Waals surface area contributed by atoms with Crippen molar-refractivity contribution in [2.45, 2.75) is 39.2 Å². The van der Waals surface area contributed by atoms with E-state index in [9.17, 15) is 4.79 Å². The van der Waals surface area contributed by atoms with E-state index in [1.54, 1.807) is 0 Å². The van der Waals surface area contributed by atoms with Gasteiger partial charge in [-0.15, -0.1) is 0 Å². The lowest BCUT2D eigenvalue weighted by Gasteiger charge is -2.05. The molecule has 0 rings (SSSR count). The fourth-order valence-electron chi connectivity index (χ4n) is 1.27. The van der Waals surface area contributed by atoms with Crippen molar-refractivity contribution in [2.24, 2.45) is 0 Å². The Labute approximate surface area is 86.5 Å². The van der Waals surface area contributed by atoms with Crippen LogP contribution in [0.4, 0.5) is 0 Å².